The van der Waals surface area contributed by atoms with Crippen molar-refractivity contribution in [3.8, 4) is 0 Å². The van der Waals surface area contributed by atoms with Crippen LogP contribution in [-0.4, -0.2) is 47.8 Å². The Hall–Kier alpha value is -2.97. The summed E-state index contributed by atoms with van der Waals surface area (Å²) in [5, 5.41) is 2.91. The first-order chi connectivity index (χ1) is 16.4. The van der Waals surface area contributed by atoms with E-state index in [2.05, 4.69) is 20.9 Å². The Morgan fingerprint density at radius 2 is 1.74 bits per heavy atom. The Balaban J connectivity index is 1.27. The van der Waals surface area contributed by atoms with Crippen molar-refractivity contribution in [3.63, 3.8) is 0 Å². The van der Waals surface area contributed by atoms with Crippen molar-refractivity contribution < 1.29 is 13.2 Å². The zero-order chi connectivity index (χ0) is 24.0. The number of aromatic nitrogens is 2. The molecule has 1 amide bonds. The molecule has 180 valence electrons. The van der Waals surface area contributed by atoms with Crippen LogP contribution in [0.25, 0.3) is 17.1 Å². The number of benzene rings is 2. The van der Waals surface area contributed by atoms with Gasteiger partial charge >= 0.3 is 0 Å². The van der Waals surface area contributed by atoms with Gasteiger partial charge in [-0.05, 0) is 62.1 Å². The molecule has 2 aromatic carbocycles. The molecule has 1 N–H and O–H groups in total. The predicted octanol–water partition coefficient (Wildman–Crippen LogP) is 4.13. The van der Waals surface area contributed by atoms with E-state index in [4.69, 9.17) is 0 Å². The Kier molecular flexibility index (Phi) is 7.80. The third kappa shape index (κ3) is 5.74. The third-order valence-electron chi connectivity index (χ3n) is 6.21. The minimum absolute atomic E-state index is 0.173. The molecule has 1 saturated heterocycles. The average Bonchev–Trinajstić information content (AvgIpc) is 2.99. The summed E-state index contributed by atoms with van der Waals surface area (Å²) in [5.41, 5.74) is 2.87. The maximum atomic E-state index is 12.9. The van der Waals surface area contributed by atoms with Crippen LogP contribution >= 0.6 is 0 Å². The number of nitrogens with zero attached hydrogens (tertiary/aromatic N) is 3. The summed E-state index contributed by atoms with van der Waals surface area (Å²) in [6.45, 7) is 4.50. The van der Waals surface area contributed by atoms with Gasteiger partial charge in [-0.3, -0.25) is 4.79 Å². The zero-order valence-electron chi connectivity index (χ0n) is 19.6. The molecule has 0 bridgehead atoms. The lowest BCUT2D eigenvalue weighted by molar-refractivity contribution is -0.116. The fourth-order valence-corrected chi connectivity index (χ4v) is 5.86. The van der Waals surface area contributed by atoms with Gasteiger partial charge in [-0.1, -0.05) is 37.1 Å². The highest BCUT2D eigenvalue weighted by Crippen LogP contribution is 2.21. The minimum Gasteiger partial charge on any atom is -0.352 e. The van der Waals surface area contributed by atoms with Crippen LogP contribution in [-0.2, 0) is 21.4 Å². The lowest BCUT2D eigenvalue weighted by atomic mass is 10.2. The van der Waals surface area contributed by atoms with Crippen molar-refractivity contribution in [2.24, 2.45) is 0 Å². The first-order valence-electron chi connectivity index (χ1n) is 11.9. The van der Waals surface area contributed by atoms with Crippen LogP contribution in [0.15, 0.2) is 59.5 Å². The number of hydrogen-bond donors (Lipinski definition) is 1. The first-order valence-corrected chi connectivity index (χ1v) is 13.4. The maximum absolute atomic E-state index is 12.9. The molecule has 0 unspecified atom stereocenters. The van der Waals surface area contributed by atoms with Crippen LogP contribution < -0.4 is 5.32 Å². The summed E-state index contributed by atoms with van der Waals surface area (Å²) in [6, 6.07) is 14.8. The Morgan fingerprint density at radius 1 is 1.03 bits per heavy atom. The summed E-state index contributed by atoms with van der Waals surface area (Å²) in [7, 11) is -3.46. The van der Waals surface area contributed by atoms with Crippen LogP contribution in [0.2, 0.25) is 0 Å². The second-order valence-corrected chi connectivity index (χ2v) is 10.6. The number of hydrogen-bond acceptors (Lipinski definition) is 4. The second kappa shape index (κ2) is 11.0. The SMILES string of the molecule is Cc1nc2ccccc2n1CCCNC(=O)/C=C/c1ccc(S(=O)(=O)N2CCCCCC2)cc1. The average molecular weight is 481 g/mol. The molecule has 0 spiro atoms. The number of rotatable bonds is 8. The van der Waals surface area contributed by atoms with Crippen molar-refractivity contribution in [2.75, 3.05) is 19.6 Å². The number of nitrogens with one attached hydrogen (secondary N) is 1. The van der Waals surface area contributed by atoms with Crippen LogP contribution in [0, 0.1) is 6.92 Å². The van der Waals surface area contributed by atoms with Gasteiger partial charge in [0.1, 0.15) is 5.82 Å². The van der Waals surface area contributed by atoms with E-state index < -0.39 is 10.0 Å². The monoisotopic (exact) mass is 480 g/mol. The highest BCUT2D eigenvalue weighted by molar-refractivity contribution is 7.89. The van der Waals surface area contributed by atoms with E-state index >= 15 is 0 Å². The van der Waals surface area contributed by atoms with Gasteiger partial charge < -0.3 is 9.88 Å². The van der Waals surface area contributed by atoms with E-state index in [1.165, 1.54) is 6.08 Å². The molecule has 1 aliphatic rings. The molecule has 0 radical (unpaired) electrons. The van der Waals surface area contributed by atoms with Gasteiger partial charge in [0.25, 0.3) is 0 Å². The molecule has 1 aromatic heterocycles. The largest absolute Gasteiger partial charge is 0.352 e. The number of amides is 1. The van der Waals surface area contributed by atoms with E-state index in [0.717, 1.165) is 61.1 Å². The third-order valence-corrected chi connectivity index (χ3v) is 8.13. The van der Waals surface area contributed by atoms with Crippen LogP contribution in [0.1, 0.15) is 43.5 Å². The number of carbonyl (C=O) groups is 1. The van der Waals surface area contributed by atoms with Crippen LogP contribution in [0.3, 0.4) is 0 Å². The fraction of sp³-hybridized carbons (Fsp3) is 0.385. The number of aryl methyl sites for hydroxylation is 2. The highest BCUT2D eigenvalue weighted by atomic mass is 32.2. The van der Waals surface area contributed by atoms with Crippen molar-refractivity contribution in [1.29, 1.82) is 0 Å². The molecule has 0 saturated carbocycles. The van der Waals surface area contributed by atoms with E-state index in [1.54, 1.807) is 34.6 Å². The molecular weight excluding hydrogens is 448 g/mol. The van der Waals surface area contributed by atoms with Crippen LogP contribution in [0.4, 0.5) is 0 Å². The van der Waals surface area contributed by atoms with Crippen molar-refractivity contribution >= 4 is 33.0 Å². The Bertz CT molecular complexity index is 1250. The smallest absolute Gasteiger partial charge is 0.244 e. The number of carbonyl (C=O) groups excluding carboxylic acids is 1. The fourth-order valence-electron chi connectivity index (χ4n) is 4.34. The van der Waals surface area contributed by atoms with Crippen molar-refractivity contribution in [2.45, 2.75) is 50.5 Å². The van der Waals surface area contributed by atoms with Crippen molar-refractivity contribution in [1.82, 2.24) is 19.2 Å². The Morgan fingerprint density at radius 3 is 2.47 bits per heavy atom. The van der Waals surface area contributed by atoms with E-state index in [9.17, 15) is 13.2 Å². The zero-order valence-corrected chi connectivity index (χ0v) is 20.4. The summed E-state index contributed by atoms with van der Waals surface area (Å²) in [5.74, 6) is 0.794. The van der Waals surface area contributed by atoms with Gasteiger partial charge in [0.2, 0.25) is 15.9 Å². The van der Waals surface area contributed by atoms with E-state index in [0.29, 0.717) is 24.5 Å². The quantitative estimate of drug-likeness (QED) is 0.388. The van der Waals surface area contributed by atoms with Gasteiger partial charge in [0.15, 0.2) is 0 Å². The maximum Gasteiger partial charge on any atom is 0.244 e. The molecule has 0 aliphatic carbocycles. The molecule has 1 aliphatic heterocycles. The second-order valence-electron chi connectivity index (χ2n) is 8.66. The molecule has 4 rings (SSSR count). The van der Waals surface area contributed by atoms with E-state index in [1.807, 2.05) is 25.1 Å². The Labute approximate surface area is 201 Å². The summed E-state index contributed by atoms with van der Waals surface area (Å²) in [4.78, 5) is 17.1. The summed E-state index contributed by atoms with van der Waals surface area (Å²) in [6.07, 6.45) is 7.96. The van der Waals surface area contributed by atoms with Crippen molar-refractivity contribution in [3.05, 3.63) is 66.0 Å². The molecule has 7 nitrogen and oxygen atoms in total. The molecular formula is C26H32N4O3S. The number of imidazole rings is 1. The van der Waals surface area contributed by atoms with Gasteiger partial charge in [-0.15, -0.1) is 0 Å². The van der Waals surface area contributed by atoms with Crippen LogP contribution in [0.5, 0.6) is 0 Å². The topological polar surface area (TPSA) is 84.3 Å². The van der Waals surface area contributed by atoms with E-state index in [-0.39, 0.29) is 5.91 Å². The van der Waals surface area contributed by atoms with Gasteiger partial charge in [0, 0.05) is 32.3 Å². The molecule has 0 atom stereocenters. The number of sulfonamides is 1. The lowest BCUT2D eigenvalue weighted by Crippen LogP contribution is -2.31. The molecule has 34 heavy (non-hydrogen) atoms. The molecule has 1 fully saturated rings. The molecule has 3 aromatic rings. The summed E-state index contributed by atoms with van der Waals surface area (Å²) < 4.78 is 29.5. The highest BCUT2D eigenvalue weighted by Gasteiger charge is 2.24. The van der Waals surface area contributed by atoms with Gasteiger partial charge in [0.05, 0.1) is 15.9 Å². The standard InChI is InChI=1S/C26H32N4O3S/c1-21-28-24-9-4-5-10-25(24)30(21)20-8-17-27-26(31)16-13-22-11-14-23(15-12-22)34(32,33)29-18-6-2-3-7-19-29/h4-5,9-16H,2-3,6-8,17-20H2,1H3,(H,27,31)/b16-13+. The minimum atomic E-state index is -3.46. The molecule has 8 heteroatoms. The number of fused-ring (bicyclic) bond motifs is 1. The predicted molar refractivity (Wildman–Crippen MR) is 135 cm³/mol. The summed E-state index contributed by atoms with van der Waals surface area (Å²) >= 11 is 0. The first kappa shape index (κ1) is 24.2. The number of para-hydroxylation sites is 2. The van der Waals surface area contributed by atoms with Gasteiger partial charge in [-0.25, -0.2) is 13.4 Å². The molecule has 2 heterocycles. The van der Waals surface area contributed by atoms with Gasteiger partial charge in [-0.2, -0.15) is 4.31 Å². The normalized spacial score (nSPS) is 15.6. The lowest BCUT2D eigenvalue weighted by Gasteiger charge is -2.19.